The third-order valence-electron chi connectivity index (χ3n) is 3.85. The molecule has 1 N–H and O–H groups in total. The van der Waals surface area contributed by atoms with Gasteiger partial charge in [-0.15, -0.1) is 23.7 Å². The van der Waals surface area contributed by atoms with E-state index in [1.165, 1.54) is 16.8 Å². The lowest BCUT2D eigenvalue weighted by atomic mass is 10.2. The molecule has 3 rings (SSSR count). The summed E-state index contributed by atoms with van der Waals surface area (Å²) in [6.07, 6.45) is 0. The Kier molecular flexibility index (Phi) is 5.76. The molecule has 0 saturated carbocycles. The van der Waals surface area contributed by atoms with Crippen LogP contribution in [0.15, 0.2) is 29.6 Å². The first kappa shape index (κ1) is 16.4. The molecule has 1 fully saturated rings. The molecule has 3 nitrogen and oxygen atoms in total. The van der Waals surface area contributed by atoms with Gasteiger partial charge >= 0.3 is 0 Å². The summed E-state index contributed by atoms with van der Waals surface area (Å²) in [5, 5.41) is 6.75. The van der Waals surface area contributed by atoms with Gasteiger partial charge in [0.25, 0.3) is 0 Å². The SMILES string of the molecule is Cc1ccc(-c2nc(CN3CCNC[C@H]3C)cs2)cc1.Cl. The van der Waals surface area contributed by atoms with Crippen LogP contribution in [0, 0.1) is 6.92 Å². The molecule has 114 valence electrons. The Hall–Kier alpha value is -0.940. The summed E-state index contributed by atoms with van der Waals surface area (Å²) in [7, 11) is 0. The summed E-state index contributed by atoms with van der Waals surface area (Å²) in [6.45, 7) is 8.63. The number of thiazole rings is 1. The Morgan fingerprint density at radius 1 is 1.33 bits per heavy atom. The molecule has 1 aliphatic heterocycles. The highest BCUT2D eigenvalue weighted by molar-refractivity contribution is 7.13. The number of piperazine rings is 1. The summed E-state index contributed by atoms with van der Waals surface area (Å²) in [5.74, 6) is 0. The Balaban J connectivity index is 0.00000161. The zero-order valence-corrected chi connectivity index (χ0v) is 14.1. The molecule has 0 spiro atoms. The van der Waals surface area contributed by atoms with E-state index in [0.717, 1.165) is 31.2 Å². The van der Waals surface area contributed by atoms with Gasteiger partial charge in [-0.05, 0) is 13.8 Å². The van der Waals surface area contributed by atoms with Crippen LogP contribution in [0.4, 0.5) is 0 Å². The molecular formula is C16H22ClN3S. The van der Waals surface area contributed by atoms with E-state index in [-0.39, 0.29) is 12.4 Å². The first-order valence-electron chi connectivity index (χ1n) is 7.18. The topological polar surface area (TPSA) is 28.2 Å². The van der Waals surface area contributed by atoms with Crippen LogP contribution in [0.2, 0.25) is 0 Å². The molecular weight excluding hydrogens is 302 g/mol. The lowest BCUT2D eigenvalue weighted by Crippen LogP contribution is -2.49. The van der Waals surface area contributed by atoms with E-state index < -0.39 is 0 Å². The first-order valence-corrected chi connectivity index (χ1v) is 8.06. The second-order valence-electron chi connectivity index (χ2n) is 5.53. The molecule has 1 saturated heterocycles. The molecule has 0 bridgehead atoms. The minimum absolute atomic E-state index is 0. The zero-order valence-electron chi connectivity index (χ0n) is 12.5. The molecule has 1 atom stereocenters. The fraction of sp³-hybridized carbons (Fsp3) is 0.438. The maximum atomic E-state index is 4.80. The smallest absolute Gasteiger partial charge is 0.123 e. The van der Waals surface area contributed by atoms with Crippen molar-refractivity contribution in [2.24, 2.45) is 0 Å². The number of nitrogens with one attached hydrogen (secondary N) is 1. The van der Waals surface area contributed by atoms with E-state index in [0.29, 0.717) is 6.04 Å². The lowest BCUT2D eigenvalue weighted by Gasteiger charge is -2.33. The van der Waals surface area contributed by atoms with Crippen LogP contribution in [0.3, 0.4) is 0 Å². The Morgan fingerprint density at radius 3 is 2.81 bits per heavy atom. The maximum Gasteiger partial charge on any atom is 0.123 e. The molecule has 5 heteroatoms. The number of aryl methyl sites for hydroxylation is 1. The minimum atomic E-state index is 0. The van der Waals surface area contributed by atoms with Gasteiger partial charge in [0.1, 0.15) is 5.01 Å². The van der Waals surface area contributed by atoms with Crippen molar-refractivity contribution < 1.29 is 0 Å². The van der Waals surface area contributed by atoms with Crippen LogP contribution >= 0.6 is 23.7 Å². The molecule has 0 radical (unpaired) electrons. The van der Waals surface area contributed by atoms with Gasteiger partial charge in [-0.3, -0.25) is 4.90 Å². The summed E-state index contributed by atoms with van der Waals surface area (Å²) in [5.41, 5.74) is 3.71. The Labute approximate surface area is 136 Å². The summed E-state index contributed by atoms with van der Waals surface area (Å²) in [6, 6.07) is 9.20. The Morgan fingerprint density at radius 2 is 2.10 bits per heavy atom. The van der Waals surface area contributed by atoms with Crippen molar-refractivity contribution in [1.82, 2.24) is 15.2 Å². The molecule has 21 heavy (non-hydrogen) atoms. The second-order valence-corrected chi connectivity index (χ2v) is 6.39. The highest BCUT2D eigenvalue weighted by atomic mass is 35.5. The lowest BCUT2D eigenvalue weighted by molar-refractivity contribution is 0.164. The van der Waals surface area contributed by atoms with Crippen molar-refractivity contribution >= 4 is 23.7 Å². The van der Waals surface area contributed by atoms with Gasteiger partial charge in [0.15, 0.2) is 0 Å². The standard InChI is InChI=1S/C16H21N3S.ClH/c1-12-3-5-14(6-4-12)16-18-15(11-20-16)10-19-8-7-17-9-13(19)2;/h3-6,11,13,17H,7-10H2,1-2H3;1H/t13-;/m1./s1. The van der Waals surface area contributed by atoms with Crippen LogP contribution in [0.1, 0.15) is 18.2 Å². The van der Waals surface area contributed by atoms with Gasteiger partial charge in [0.2, 0.25) is 0 Å². The number of aromatic nitrogens is 1. The molecule has 2 aromatic rings. The third kappa shape index (κ3) is 4.04. The van der Waals surface area contributed by atoms with Gasteiger partial charge in [0.05, 0.1) is 5.69 Å². The average molecular weight is 324 g/mol. The number of hydrogen-bond acceptors (Lipinski definition) is 4. The molecule has 0 unspecified atom stereocenters. The van der Waals surface area contributed by atoms with Crippen LogP contribution in [-0.2, 0) is 6.54 Å². The highest BCUT2D eigenvalue weighted by Gasteiger charge is 2.18. The van der Waals surface area contributed by atoms with Gasteiger partial charge < -0.3 is 5.32 Å². The van der Waals surface area contributed by atoms with Crippen molar-refractivity contribution in [3.05, 3.63) is 40.9 Å². The van der Waals surface area contributed by atoms with Crippen molar-refractivity contribution in [1.29, 1.82) is 0 Å². The largest absolute Gasteiger partial charge is 0.314 e. The minimum Gasteiger partial charge on any atom is -0.314 e. The number of rotatable bonds is 3. The summed E-state index contributed by atoms with van der Waals surface area (Å²) >= 11 is 1.74. The van der Waals surface area contributed by atoms with Gasteiger partial charge in [0, 0.05) is 43.2 Å². The quantitative estimate of drug-likeness (QED) is 0.939. The normalized spacial score (nSPS) is 19.2. The fourth-order valence-electron chi connectivity index (χ4n) is 2.53. The molecule has 1 aromatic carbocycles. The number of benzene rings is 1. The number of halogens is 1. The van der Waals surface area contributed by atoms with Crippen LogP contribution in [0.5, 0.6) is 0 Å². The molecule has 1 aliphatic rings. The van der Waals surface area contributed by atoms with Crippen molar-refractivity contribution in [3.8, 4) is 10.6 Å². The zero-order chi connectivity index (χ0) is 13.9. The number of nitrogens with zero attached hydrogens (tertiary/aromatic N) is 2. The predicted molar refractivity (Wildman–Crippen MR) is 92.3 cm³/mol. The van der Waals surface area contributed by atoms with E-state index >= 15 is 0 Å². The third-order valence-corrected chi connectivity index (χ3v) is 4.79. The average Bonchev–Trinajstić information content (AvgIpc) is 2.91. The predicted octanol–water partition coefficient (Wildman–Crippen LogP) is 3.33. The van der Waals surface area contributed by atoms with Crippen molar-refractivity contribution in [3.63, 3.8) is 0 Å². The molecule has 1 aromatic heterocycles. The van der Waals surface area contributed by atoms with Gasteiger partial charge in [-0.2, -0.15) is 0 Å². The van der Waals surface area contributed by atoms with E-state index in [9.17, 15) is 0 Å². The monoisotopic (exact) mass is 323 g/mol. The van der Waals surface area contributed by atoms with Crippen LogP contribution < -0.4 is 5.32 Å². The fourth-order valence-corrected chi connectivity index (χ4v) is 3.35. The van der Waals surface area contributed by atoms with Crippen molar-refractivity contribution in [2.45, 2.75) is 26.4 Å². The maximum absolute atomic E-state index is 4.80. The summed E-state index contributed by atoms with van der Waals surface area (Å²) in [4.78, 5) is 7.30. The molecule has 2 heterocycles. The van der Waals surface area contributed by atoms with E-state index in [1.807, 2.05) is 0 Å². The van der Waals surface area contributed by atoms with E-state index in [4.69, 9.17) is 4.98 Å². The first-order chi connectivity index (χ1) is 9.72. The van der Waals surface area contributed by atoms with Gasteiger partial charge in [-0.25, -0.2) is 4.98 Å². The van der Waals surface area contributed by atoms with Crippen LogP contribution in [0.25, 0.3) is 10.6 Å². The number of hydrogen-bond donors (Lipinski definition) is 1. The highest BCUT2D eigenvalue weighted by Crippen LogP contribution is 2.24. The summed E-state index contributed by atoms with van der Waals surface area (Å²) < 4.78 is 0. The van der Waals surface area contributed by atoms with Crippen LogP contribution in [-0.4, -0.2) is 35.6 Å². The van der Waals surface area contributed by atoms with Gasteiger partial charge in [-0.1, -0.05) is 29.8 Å². The Bertz CT molecular complexity index is 567. The molecule has 0 aliphatic carbocycles. The van der Waals surface area contributed by atoms with E-state index in [1.54, 1.807) is 11.3 Å². The second kappa shape index (κ2) is 7.36. The van der Waals surface area contributed by atoms with Crippen molar-refractivity contribution in [2.75, 3.05) is 19.6 Å². The molecule has 0 amide bonds. The van der Waals surface area contributed by atoms with E-state index in [2.05, 4.69) is 53.7 Å².